The molecule has 1 amide bonds. The summed E-state index contributed by atoms with van der Waals surface area (Å²) in [4.78, 5) is 26.1. The van der Waals surface area contributed by atoms with Crippen molar-refractivity contribution in [1.29, 1.82) is 0 Å². The Kier molecular flexibility index (Phi) is 5.05. The molecule has 0 unspecified atom stereocenters. The molecule has 27 heavy (non-hydrogen) atoms. The minimum Gasteiger partial charge on any atom is -0.370 e. The van der Waals surface area contributed by atoms with Crippen LogP contribution < -0.4 is 10.2 Å². The second-order valence-electron chi connectivity index (χ2n) is 7.04. The standard InChI is InChI=1S/C20H23N5OS/c1-24(2)12-18-22-16(13-27-18)20(26)23-15-7-8-17(25-10-3-4-11-25)19-14(15)6-5-9-21-19/h5-9,13H,3-4,10-12H2,1-2H3,(H,23,26). The summed E-state index contributed by atoms with van der Waals surface area (Å²) in [5.41, 5.74) is 3.30. The highest BCUT2D eigenvalue weighted by Crippen LogP contribution is 2.32. The molecule has 1 aliphatic rings. The maximum Gasteiger partial charge on any atom is 0.275 e. The third-order valence-electron chi connectivity index (χ3n) is 4.68. The molecule has 1 saturated heterocycles. The number of pyridine rings is 1. The van der Waals surface area contributed by atoms with E-state index in [4.69, 9.17) is 0 Å². The lowest BCUT2D eigenvalue weighted by atomic mass is 10.1. The smallest absolute Gasteiger partial charge is 0.275 e. The number of carbonyl (C=O) groups is 1. The molecule has 1 aromatic carbocycles. The number of anilines is 2. The normalized spacial score (nSPS) is 14.3. The van der Waals surface area contributed by atoms with Crippen LogP contribution in [0.3, 0.4) is 0 Å². The van der Waals surface area contributed by atoms with E-state index in [1.54, 1.807) is 0 Å². The van der Waals surface area contributed by atoms with Crippen molar-refractivity contribution >= 4 is 39.5 Å². The second-order valence-corrected chi connectivity index (χ2v) is 7.99. The molecule has 0 bridgehead atoms. The van der Waals surface area contributed by atoms with Crippen LogP contribution in [0.2, 0.25) is 0 Å². The first-order valence-electron chi connectivity index (χ1n) is 9.15. The average Bonchev–Trinajstić information content (AvgIpc) is 3.33. The number of hydrogen-bond acceptors (Lipinski definition) is 6. The van der Waals surface area contributed by atoms with Crippen molar-refractivity contribution < 1.29 is 4.79 Å². The molecule has 0 saturated carbocycles. The number of nitrogens with one attached hydrogen (secondary N) is 1. The monoisotopic (exact) mass is 381 g/mol. The van der Waals surface area contributed by atoms with Gasteiger partial charge in [0.15, 0.2) is 0 Å². The van der Waals surface area contributed by atoms with Crippen molar-refractivity contribution in [2.75, 3.05) is 37.4 Å². The molecular weight excluding hydrogens is 358 g/mol. The zero-order valence-corrected chi connectivity index (χ0v) is 16.4. The van der Waals surface area contributed by atoms with E-state index in [9.17, 15) is 4.79 Å². The Balaban J connectivity index is 1.61. The van der Waals surface area contributed by atoms with Gasteiger partial charge < -0.3 is 15.1 Å². The molecule has 140 valence electrons. The number of thiazole rings is 1. The van der Waals surface area contributed by atoms with Crippen LogP contribution in [-0.2, 0) is 6.54 Å². The summed E-state index contributed by atoms with van der Waals surface area (Å²) >= 11 is 1.51. The van der Waals surface area contributed by atoms with Gasteiger partial charge in [0.25, 0.3) is 5.91 Å². The van der Waals surface area contributed by atoms with E-state index < -0.39 is 0 Å². The first-order valence-corrected chi connectivity index (χ1v) is 10.0. The zero-order valence-electron chi connectivity index (χ0n) is 15.6. The number of benzene rings is 1. The molecule has 0 radical (unpaired) electrons. The van der Waals surface area contributed by atoms with Gasteiger partial charge in [-0.3, -0.25) is 9.78 Å². The third-order valence-corrected chi connectivity index (χ3v) is 5.51. The van der Waals surface area contributed by atoms with Crippen molar-refractivity contribution in [3.05, 3.63) is 46.5 Å². The molecule has 3 aromatic rings. The first-order chi connectivity index (χ1) is 13.1. The highest BCUT2D eigenvalue weighted by molar-refractivity contribution is 7.09. The summed E-state index contributed by atoms with van der Waals surface area (Å²) in [7, 11) is 3.98. The second kappa shape index (κ2) is 7.62. The van der Waals surface area contributed by atoms with Gasteiger partial charge in [0.1, 0.15) is 10.7 Å². The van der Waals surface area contributed by atoms with Gasteiger partial charge >= 0.3 is 0 Å². The van der Waals surface area contributed by atoms with E-state index in [1.165, 1.54) is 24.2 Å². The number of amides is 1. The fourth-order valence-corrected chi connectivity index (χ4v) is 4.32. The van der Waals surface area contributed by atoms with E-state index in [0.717, 1.165) is 46.9 Å². The van der Waals surface area contributed by atoms with Crippen molar-refractivity contribution in [3.8, 4) is 0 Å². The van der Waals surface area contributed by atoms with E-state index in [1.807, 2.05) is 48.8 Å². The van der Waals surface area contributed by atoms with Gasteiger partial charge in [0.05, 0.1) is 16.9 Å². The van der Waals surface area contributed by atoms with E-state index >= 15 is 0 Å². The van der Waals surface area contributed by atoms with Crippen LogP contribution in [0.5, 0.6) is 0 Å². The predicted molar refractivity (Wildman–Crippen MR) is 111 cm³/mol. The first kappa shape index (κ1) is 17.9. The summed E-state index contributed by atoms with van der Waals surface area (Å²) in [5.74, 6) is -0.185. The minimum atomic E-state index is -0.185. The highest BCUT2D eigenvalue weighted by Gasteiger charge is 2.18. The lowest BCUT2D eigenvalue weighted by Crippen LogP contribution is -2.19. The summed E-state index contributed by atoms with van der Waals surface area (Å²) in [6.07, 6.45) is 4.24. The highest BCUT2D eigenvalue weighted by atomic mass is 32.1. The van der Waals surface area contributed by atoms with Crippen molar-refractivity contribution in [3.63, 3.8) is 0 Å². The molecule has 0 spiro atoms. The molecule has 1 aliphatic heterocycles. The Hall–Kier alpha value is -2.51. The number of nitrogens with zero attached hydrogens (tertiary/aromatic N) is 4. The van der Waals surface area contributed by atoms with E-state index in [0.29, 0.717) is 5.69 Å². The van der Waals surface area contributed by atoms with Crippen LogP contribution in [0.25, 0.3) is 10.9 Å². The SMILES string of the molecule is CN(C)Cc1nc(C(=O)Nc2ccc(N3CCCC3)c3ncccc23)cs1. The summed E-state index contributed by atoms with van der Waals surface area (Å²) < 4.78 is 0. The largest absolute Gasteiger partial charge is 0.370 e. The quantitative estimate of drug-likeness (QED) is 0.732. The maximum atomic E-state index is 12.7. The molecule has 7 heteroatoms. The molecule has 3 heterocycles. The average molecular weight is 382 g/mol. The molecule has 0 atom stereocenters. The Morgan fingerprint density at radius 3 is 2.85 bits per heavy atom. The van der Waals surface area contributed by atoms with Crippen LogP contribution in [0.1, 0.15) is 28.3 Å². The van der Waals surface area contributed by atoms with Gasteiger partial charge in [0, 0.05) is 36.6 Å². The van der Waals surface area contributed by atoms with E-state index in [-0.39, 0.29) is 5.91 Å². The molecule has 1 N–H and O–H groups in total. The minimum absolute atomic E-state index is 0.185. The molecule has 1 fully saturated rings. The van der Waals surface area contributed by atoms with Gasteiger partial charge in [-0.1, -0.05) is 0 Å². The van der Waals surface area contributed by atoms with Gasteiger partial charge in [-0.2, -0.15) is 0 Å². The number of carbonyl (C=O) groups excluding carboxylic acids is 1. The van der Waals surface area contributed by atoms with Crippen molar-refractivity contribution in [2.45, 2.75) is 19.4 Å². The lowest BCUT2D eigenvalue weighted by Gasteiger charge is -2.20. The van der Waals surface area contributed by atoms with Gasteiger partial charge in [0.2, 0.25) is 0 Å². The Bertz CT molecular complexity index is 962. The molecule has 4 rings (SSSR count). The number of hydrogen-bond donors (Lipinski definition) is 1. The third kappa shape index (κ3) is 3.79. The summed E-state index contributed by atoms with van der Waals surface area (Å²) in [6.45, 7) is 2.85. The van der Waals surface area contributed by atoms with Gasteiger partial charge in [-0.15, -0.1) is 11.3 Å². The Labute approximate surface area is 162 Å². The molecule has 0 aliphatic carbocycles. The van der Waals surface area contributed by atoms with Crippen LogP contribution in [0.15, 0.2) is 35.8 Å². The van der Waals surface area contributed by atoms with Crippen LogP contribution >= 0.6 is 11.3 Å². The van der Waals surface area contributed by atoms with Crippen LogP contribution in [-0.4, -0.2) is 48.0 Å². The van der Waals surface area contributed by atoms with Crippen molar-refractivity contribution in [2.24, 2.45) is 0 Å². The topological polar surface area (TPSA) is 61.4 Å². The Morgan fingerprint density at radius 1 is 1.26 bits per heavy atom. The van der Waals surface area contributed by atoms with E-state index in [2.05, 4.69) is 26.3 Å². The maximum absolute atomic E-state index is 12.7. The van der Waals surface area contributed by atoms with Crippen LogP contribution in [0.4, 0.5) is 11.4 Å². The Morgan fingerprint density at radius 2 is 2.07 bits per heavy atom. The molecule has 6 nitrogen and oxygen atoms in total. The van der Waals surface area contributed by atoms with Gasteiger partial charge in [-0.05, 0) is 51.2 Å². The number of fused-ring (bicyclic) bond motifs is 1. The van der Waals surface area contributed by atoms with Gasteiger partial charge in [-0.25, -0.2) is 4.98 Å². The lowest BCUT2D eigenvalue weighted by molar-refractivity contribution is 0.102. The van der Waals surface area contributed by atoms with Crippen LogP contribution in [0, 0.1) is 0 Å². The summed E-state index contributed by atoms with van der Waals surface area (Å²) in [5, 5.41) is 6.72. The number of rotatable bonds is 5. The predicted octanol–water partition coefficient (Wildman–Crippen LogP) is 3.61. The zero-order chi connectivity index (χ0) is 18.8. The fourth-order valence-electron chi connectivity index (χ4n) is 3.42. The summed E-state index contributed by atoms with van der Waals surface area (Å²) in [6, 6.07) is 7.96. The molecular formula is C20H23N5OS. The number of aromatic nitrogens is 2. The van der Waals surface area contributed by atoms with Crippen molar-refractivity contribution in [1.82, 2.24) is 14.9 Å². The molecule has 2 aromatic heterocycles. The fraction of sp³-hybridized carbons (Fsp3) is 0.350.